The minimum atomic E-state index is 0. The molecular formula is C14H30Ti. The van der Waals surface area contributed by atoms with E-state index in [0.29, 0.717) is 0 Å². The van der Waals surface area contributed by atoms with Gasteiger partial charge in [0.1, 0.15) is 0 Å². The third-order valence-electron chi connectivity index (χ3n) is 3.57. The molecule has 90 valence electrons. The third-order valence-corrected chi connectivity index (χ3v) is 3.57. The summed E-state index contributed by atoms with van der Waals surface area (Å²) < 4.78 is 0. The molecule has 1 aliphatic rings. The molecule has 0 fully saturated rings. The first-order valence-corrected chi connectivity index (χ1v) is 4.23. The Kier molecular flexibility index (Phi) is 21.6. The summed E-state index contributed by atoms with van der Waals surface area (Å²) in [6.45, 7) is 11.6. The van der Waals surface area contributed by atoms with Crippen molar-refractivity contribution in [2.75, 3.05) is 0 Å². The van der Waals surface area contributed by atoms with E-state index in [4.69, 9.17) is 0 Å². The second-order valence-corrected chi connectivity index (χ2v) is 3.80. The van der Waals surface area contributed by atoms with Crippen molar-refractivity contribution in [1.29, 1.82) is 0 Å². The standard InChI is InChI=1S/C10H18.4CH3.Ti/c1-6-7(2)9(4)10(5)8(6)3;;;;;/h6-8H,1-5H3;4*1H3;/q;4*-1;+4/t6?,7-,8+;;;;;. The molecule has 15 heavy (non-hydrogen) atoms. The molecule has 0 bridgehead atoms. The monoisotopic (exact) mass is 246 g/mol. The quantitative estimate of drug-likeness (QED) is 0.319. The number of allylic oxidation sites excluding steroid dienone is 2. The Morgan fingerprint density at radius 1 is 0.667 bits per heavy atom. The van der Waals surface area contributed by atoms with Gasteiger partial charge in [0.15, 0.2) is 0 Å². The smallest absolute Gasteiger partial charge is 0.358 e. The van der Waals surface area contributed by atoms with E-state index in [1.54, 1.807) is 11.1 Å². The fourth-order valence-electron chi connectivity index (χ4n) is 1.94. The van der Waals surface area contributed by atoms with Crippen molar-refractivity contribution < 1.29 is 21.7 Å². The van der Waals surface area contributed by atoms with Gasteiger partial charge in [-0.1, -0.05) is 31.9 Å². The van der Waals surface area contributed by atoms with Crippen molar-refractivity contribution >= 4 is 0 Å². The van der Waals surface area contributed by atoms with Crippen molar-refractivity contribution in [3.8, 4) is 0 Å². The van der Waals surface area contributed by atoms with Crippen LogP contribution in [0.25, 0.3) is 0 Å². The van der Waals surface area contributed by atoms with E-state index in [0.717, 1.165) is 17.8 Å². The zero-order valence-electron chi connectivity index (χ0n) is 12.2. The Morgan fingerprint density at radius 3 is 0.933 bits per heavy atom. The van der Waals surface area contributed by atoms with Crippen LogP contribution in [0.15, 0.2) is 11.1 Å². The molecule has 0 saturated heterocycles. The minimum Gasteiger partial charge on any atom is -0.358 e. The summed E-state index contributed by atoms with van der Waals surface area (Å²) >= 11 is 0. The van der Waals surface area contributed by atoms with E-state index in [9.17, 15) is 0 Å². The van der Waals surface area contributed by atoms with Gasteiger partial charge in [0.05, 0.1) is 0 Å². The van der Waals surface area contributed by atoms with E-state index < -0.39 is 0 Å². The molecule has 0 spiro atoms. The first-order valence-electron chi connectivity index (χ1n) is 4.23. The zero-order chi connectivity index (χ0) is 7.89. The van der Waals surface area contributed by atoms with Gasteiger partial charge in [-0.15, -0.1) is 0 Å². The summed E-state index contributed by atoms with van der Waals surface area (Å²) in [5, 5.41) is 0. The van der Waals surface area contributed by atoms with Crippen molar-refractivity contribution in [3.05, 3.63) is 40.9 Å². The summed E-state index contributed by atoms with van der Waals surface area (Å²) in [6.07, 6.45) is 0. The predicted molar refractivity (Wildman–Crippen MR) is 71.5 cm³/mol. The van der Waals surface area contributed by atoms with Crippen LogP contribution in [0.2, 0.25) is 0 Å². The second kappa shape index (κ2) is 11.0. The first kappa shape index (κ1) is 29.5. The van der Waals surface area contributed by atoms with Crippen LogP contribution < -0.4 is 0 Å². The van der Waals surface area contributed by atoms with Gasteiger partial charge in [0, 0.05) is 0 Å². The molecule has 1 heteroatoms. The molecule has 0 aliphatic heterocycles. The van der Waals surface area contributed by atoms with Crippen molar-refractivity contribution in [2.24, 2.45) is 17.8 Å². The maximum atomic E-state index is 2.36. The SMILES string of the molecule is CC1=C(C)[C@H](C)C(C)[C@@H]1C.[CH3-].[CH3-].[CH3-].[CH3-].[Ti+4]. The molecule has 0 amide bonds. The molecule has 0 radical (unpaired) electrons. The summed E-state index contributed by atoms with van der Waals surface area (Å²) in [7, 11) is 0. The molecule has 1 rings (SSSR count). The minimum absolute atomic E-state index is 0. The molecule has 0 aromatic heterocycles. The van der Waals surface area contributed by atoms with Gasteiger partial charge in [0.25, 0.3) is 0 Å². The Balaban J connectivity index is -0.0000000667. The third kappa shape index (κ3) is 5.36. The summed E-state index contributed by atoms with van der Waals surface area (Å²) in [4.78, 5) is 0. The maximum absolute atomic E-state index is 2.36. The van der Waals surface area contributed by atoms with Crippen LogP contribution >= 0.6 is 0 Å². The van der Waals surface area contributed by atoms with Gasteiger partial charge in [-0.3, -0.25) is 0 Å². The Morgan fingerprint density at radius 2 is 0.867 bits per heavy atom. The van der Waals surface area contributed by atoms with Crippen molar-refractivity contribution in [2.45, 2.75) is 34.6 Å². The number of rotatable bonds is 0. The molecule has 0 aromatic rings. The molecule has 0 nitrogen and oxygen atoms in total. The molecule has 1 unspecified atom stereocenters. The average Bonchev–Trinajstić information content (AvgIpc) is 2.07. The van der Waals surface area contributed by atoms with E-state index in [2.05, 4.69) is 34.6 Å². The van der Waals surface area contributed by atoms with Gasteiger partial charge in [-0.05, 0) is 31.6 Å². The van der Waals surface area contributed by atoms with Gasteiger partial charge in [0.2, 0.25) is 0 Å². The van der Waals surface area contributed by atoms with Crippen molar-refractivity contribution in [3.63, 3.8) is 0 Å². The largest absolute Gasteiger partial charge is 4.00 e. The molecular weight excluding hydrogens is 216 g/mol. The van der Waals surface area contributed by atoms with E-state index in [1.807, 2.05) is 0 Å². The van der Waals surface area contributed by atoms with Crippen LogP contribution in [-0.2, 0) is 21.7 Å². The van der Waals surface area contributed by atoms with Gasteiger partial charge in [-0.25, -0.2) is 0 Å². The van der Waals surface area contributed by atoms with Crippen molar-refractivity contribution in [1.82, 2.24) is 0 Å². The number of hydrogen-bond donors (Lipinski definition) is 0. The molecule has 3 atom stereocenters. The zero-order valence-corrected chi connectivity index (χ0v) is 13.8. The summed E-state index contributed by atoms with van der Waals surface area (Å²) in [5.74, 6) is 2.49. The van der Waals surface area contributed by atoms with Gasteiger partial charge < -0.3 is 29.7 Å². The average molecular weight is 246 g/mol. The fraction of sp³-hybridized carbons (Fsp3) is 0.571. The second-order valence-electron chi connectivity index (χ2n) is 3.80. The van der Waals surface area contributed by atoms with Crippen LogP contribution in [0.4, 0.5) is 0 Å². The summed E-state index contributed by atoms with van der Waals surface area (Å²) in [5.41, 5.74) is 3.25. The predicted octanol–water partition coefficient (Wildman–Crippen LogP) is 5.04. The van der Waals surface area contributed by atoms with Crippen LogP contribution in [-0.4, -0.2) is 0 Å². The molecule has 1 aliphatic carbocycles. The Labute approximate surface area is 115 Å². The van der Waals surface area contributed by atoms with Crippen LogP contribution in [0, 0.1) is 47.5 Å². The topological polar surface area (TPSA) is 0 Å². The van der Waals surface area contributed by atoms with Gasteiger partial charge >= 0.3 is 21.7 Å². The molecule has 0 saturated carbocycles. The van der Waals surface area contributed by atoms with E-state index in [-0.39, 0.29) is 51.4 Å². The maximum Gasteiger partial charge on any atom is 4.00 e. The van der Waals surface area contributed by atoms with E-state index >= 15 is 0 Å². The fourth-order valence-corrected chi connectivity index (χ4v) is 1.94. The normalized spacial score (nSPS) is 27.4. The first-order chi connectivity index (χ1) is 4.55. The summed E-state index contributed by atoms with van der Waals surface area (Å²) in [6, 6.07) is 0. The van der Waals surface area contributed by atoms with Crippen LogP contribution in [0.1, 0.15) is 34.6 Å². The Bertz CT molecular complexity index is 152. The van der Waals surface area contributed by atoms with Crippen LogP contribution in [0.3, 0.4) is 0 Å². The molecule has 0 N–H and O–H groups in total. The van der Waals surface area contributed by atoms with E-state index in [1.165, 1.54) is 0 Å². The molecule has 0 aromatic carbocycles. The molecule has 0 heterocycles. The van der Waals surface area contributed by atoms with Gasteiger partial charge in [-0.2, -0.15) is 0 Å². The van der Waals surface area contributed by atoms with Crippen LogP contribution in [0.5, 0.6) is 0 Å². The Hall–Kier alpha value is 0.454. The number of hydrogen-bond acceptors (Lipinski definition) is 0.